The molecule has 0 saturated carbocycles. The SMILES string of the molecule is COCc1ccc(CNC(=O)C(COC)NC(=O)OCc2ccccc2)cc1. The van der Waals surface area contributed by atoms with Crippen LogP contribution in [0.3, 0.4) is 0 Å². The molecule has 2 rings (SSSR count). The van der Waals surface area contributed by atoms with Crippen LogP contribution in [0.4, 0.5) is 4.79 Å². The Morgan fingerprint density at radius 1 is 0.857 bits per heavy atom. The van der Waals surface area contributed by atoms with E-state index in [1.807, 2.05) is 54.6 Å². The Labute approximate surface area is 165 Å². The maximum atomic E-state index is 12.4. The predicted molar refractivity (Wildman–Crippen MR) is 104 cm³/mol. The quantitative estimate of drug-likeness (QED) is 0.655. The normalized spacial score (nSPS) is 11.5. The highest BCUT2D eigenvalue weighted by atomic mass is 16.5. The van der Waals surface area contributed by atoms with Gasteiger partial charge in [-0.15, -0.1) is 0 Å². The van der Waals surface area contributed by atoms with E-state index in [0.717, 1.165) is 16.7 Å². The summed E-state index contributed by atoms with van der Waals surface area (Å²) < 4.78 is 15.3. The fourth-order valence-electron chi connectivity index (χ4n) is 2.49. The third-order valence-electron chi connectivity index (χ3n) is 3.96. The first-order valence-corrected chi connectivity index (χ1v) is 8.93. The molecule has 0 fully saturated rings. The van der Waals surface area contributed by atoms with Crippen molar-refractivity contribution in [2.24, 2.45) is 0 Å². The van der Waals surface area contributed by atoms with Gasteiger partial charge in [0.15, 0.2) is 0 Å². The molecule has 0 saturated heterocycles. The van der Waals surface area contributed by atoms with Crippen LogP contribution in [0.25, 0.3) is 0 Å². The highest BCUT2D eigenvalue weighted by molar-refractivity contribution is 5.85. The van der Waals surface area contributed by atoms with Crippen LogP contribution in [0.2, 0.25) is 0 Å². The van der Waals surface area contributed by atoms with Gasteiger partial charge in [0.05, 0.1) is 13.2 Å². The van der Waals surface area contributed by atoms with Gasteiger partial charge in [0, 0.05) is 20.8 Å². The highest BCUT2D eigenvalue weighted by Gasteiger charge is 2.21. The Bertz CT molecular complexity index is 734. The van der Waals surface area contributed by atoms with E-state index < -0.39 is 12.1 Å². The van der Waals surface area contributed by atoms with Crippen molar-refractivity contribution in [2.45, 2.75) is 25.8 Å². The van der Waals surface area contributed by atoms with Crippen molar-refractivity contribution in [3.63, 3.8) is 0 Å². The van der Waals surface area contributed by atoms with E-state index in [9.17, 15) is 9.59 Å². The zero-order chi connectivity index (χ0) is 20.2. The summed E-state index contributed by atoms with van der Waals surface area (Å²) >= 11 is 0. The van der Waals surface area contributed by atoms with E-state index in [1.165, 1.54) is 7.11 Å². The molecule has 2 aromatic rings. The second-order valence-corrected chi connectivity index (χ2v) is 6.18. The van der Waals surface area contributed by atoms with Gasteiger partial charge in [-0.3, -0.25) is 4.79 Å². The first kappa shape index (κ1) is 21.4. The van der Waals surface area contributed by atoms with Crippen LogP contribution in [-0.4, -0.2) is 38.9 Å². The number of hydrogen-bond donors (Lipinski definition) is 2. The average Bonchev–Trinajstić information content (AvgIpc) is 2.72. The Hall–Kier alpha value is -2.90. The molecule has 2 amide bonds. The van der Waals surface area contributed by atoms with Crippen LogP contribution < -0.4 is 10.6 Å². The van der Waals surface area contributed by atoms with Crippen LogP contribution >= 0.6 is 0 Å². The number of alkyl carbamates (subject to hydrolysis) is 1. The van der Waals surface area contributed by atoms with Gasteiger partial charge in [-0.1, -0.05) is 54.6 Å². The molecule has 0 spiro atoms. The molecule has 7 heteroatoms. The lowest BCUT2D eigenvalue weighted by Gasteiger charge is -2.17. The molecular weight excluding hydrogens is 360 g/mol. The molecule has 7 nitrogen and oxygen atoms in total. The van der Waals surface area contributed by atoms with E-state index in [2.05, 4.69) is 10.6 Å². The molecule has 0 heterocycles. The lowest BCUT2D eigenvalue weighted by molar-refractivity contribution is -0.124. The van der Waals surface area contributed by atoms with Gasteiger partial charge in [0.2, 0.25) is 5.91 Å². The number of benzene rings is 2. The minimum Gasteiger partial charge on any atom is -0.445 e. The van der Waals surface area contributed by atoms with E-state index in [4.69, 9.17) is 14.2 Å². The molecular formula is C21H26N2O5. The smallest absolute Gasteiger partial charge is 0.408 e. The van der Waals surface area contributed by atoms with Crippen molar-refractivity contribution in [1.29, 1.82) is 0 Å². The summed E-state index contributed by atoms with van der Waals surface area (Å²) in [6.45, 7) is 1.05. The Kier molecular flexibility index (Phi) is 8.97. The third-order valence-corrected chi connectivity index (χ3v) is 3.96. The number of hydrogen-bond acceptors (Lipinski definition) is 5. The van der Waals surface area contributed by atoms with Crippen LogP contribution in [-0.2, 0) is 38.8 Å². The number of methoxy groups -OCH3 is 2. The molecule has 0 radical (unpaired) electrons. The molecule has 2 N–H and O–H groups in total. The van der Waals surface area contributed by atoms with Gasteiger partial charge in [0.1, 0.15) is 12.6 Å². The minimum atomic E-state index is -0.846. The molecule has 0 aliphatic rings. The van der Waals surface area contributed by atoms with E-state index in [0.29, 0.717) is 13.2 Å². The molecule has 0 aromatic heterocycles. The minimum absolute atomic E-state index is 0.0407. The molecule has 150 valence electrons. The van der Waals surface area contributed by atoms with Gasteiger partial charge >= 0.3 is 6.09 Å². The number of carbonyl (C=O) groups is 2. The summed E-state index contributed by atoms with van der Waals surface area (Å²) in [5.74, 6) is -0.348. The third kappa shape index (κ3) is 7.38. The van der Waals surface area contributed by atoms with Crippen molar-refractivity contribution in [3.8, 4) is 0 Å². The molecule has 2 aromatic carbocycles. The molecule has 0 bridgehead atoms. The molecule has 1 atom stereocenters. The standard InChI is InChI=1S/C21H26N2O5/c1-26-13-18-10-8-16(9-11-18)12-22-20(24)19(15-27-2)23-21(25)28-14-17-6-4-3-5-7-17/h3-11,19H,12-15H2,1-2H3,(H,22,24)(H,23,25). The largest absolute Gasteiger partial charge is 0.445 e. The topological polar surface area (TPSA) is 85.9 Å². The van der Waals surface area contributed by atoms with Crippen LogP contribution in [0, 0.1) is 0 Å². The zero-order valence-electron chi connectivity index (χ0n) is 16.1. The van der Waals surface area contributed by atoms with Crippen molar-refractivity contribution < 1.29 is 23.8 Å². The molecule has 28 heavy (non-hydrogen) atoms. The lowest BCUT2D eigenvalue weighted by Crippen LogP contribution is -2.49. The second kappa shape index (κ2) is 11.7. The summed E-state index contributed by atoms with van der Waals surface area (Å²) in [4.78, 5) is 24.4. The summed E-state index contributed by atoms with van der Waals surface area (Å²) in [7, 11) is 3.10. The van der Waals surface area contributed by atoms with Crippen molar-refractivity contribution in [1.82, 2.24) is 10.6 Å². The average molecular weight is 386 g/mol. The number of rotatable bonds is 10. The van der Waals surface area contributed by atoms with Crippen LogP contribution in [0.1, 0.15) is 16.7 Å². The predicted octanol–water partition coefficient (Wildman–Crippen LogP) is 2.39. The van der Waals surface area contributed by atoms with E-state index in [-0.39, 0.29) is 19.1 Å². The Morgan fingerprint density at radius 3 is 2.14 bits per heavy atom. The van der Waals surface area contributed by atoms with Gasteiger partial charge in [0.25, 0.3) is 0 Å². The van der Waals surface area contributed by atoms with E-state index in [1.54, 1.807) is 7.11 Å². The lowest BCUT2D eigenvalue weighted by atomic mass is 10.1. The summed E-state index contributed by atoms with van der Waals surface area (Å²) in [5.41, 5.74) is 2.86. The Balaban J connectivity index is 1.82. The van der Waals surface area contributed by atoms with Crippen LogP contribution in [0.5, 0.6) is 0 Å². The zero-order valence-corrected chi connectivity index (χ0v) is 16.1. The fourth-order valence-corrected chi connectivity index (χ4v) is 2.49. The van der Waals surface area contributed by atoms with E-state index >= 15 is 0 Å². The van der Waals surface area contributed by atoms with Gasteiger partial charge in [-0.2, -0.15) is 0 Å². The number of nitrogens with one attached hydrogen (secondary N) is 2. The van der Waals surface area contributed by atoms with Crippen molar-refractivity contribution in [3.05, 3.63) is 71.3 Å². The fraction of sp³-hybridized carbons (Fsp3) is 0.333. The van der Waals surface area contributed by atoms with Gasteiger partial charge < -0.3 is 24.8 Å². The molecule has 1 unspecified atom stereocenters. The summed E-state index contributed by atoms with van der Waals surface area (Å²) in [6.07, 6.45) is -0.676. The van der Waals surface area contributed by atoms with Gasteiger partial charge in [-0.25, -0.2) is 4.79 Å². The monoisotopic (exact) mass is 386 g/mol. The first-order valence-electron chi connectivity index (χ1n) is 8.93. The molecule has 0 aliphatic carbocycles. The number of ether oxygens (including phenoxy) is 3. The maximum Gasteiger partial charge on any atom is 0.408 e. The highest BCUT2D eigenvalue weighted by Crippen LogP contribution is 2.06. The van der Waals surface area contributed by atoms with Crippen molar-refractivity contribution in [2.75, 3.05) is 20.8 Å². The number of carbonyl (C=O) groups excluding carboxylic acids is 2. The summed E-state index contributed by atoms with van der Waals surface area (Å²) in [5, 5.41) is 5.33. The first-order chi connectivity index (χ1) is 13.6. The second-order valence-electron chi connectivity index (χ2n) is 6.18. The Morgan fingerprint density at radius 2 is 1.50 bits per heavy atom. The maximum absolute atomic E-state index is 12.4. The summed E-state index contributed by atoms with van der Waals surface area (Å²) in [6, 6.07) is 16.2. The number of amides is 2. The van der Waals surface area contributed by atoms with Crippen LogP contribution in [0.15, 0.2) is 54.6 Å². The van der Waals surface area contributed by atoms with Crippen molar-refractivity contribution >= 4 is 12.0 Å². The molecule has 0 aliphatic heterocycles. The van der Waals surface area contributed by atoms with Gasteiger partial charge in [-0.05, 0) is 16.7 Å².